The van der Waals surface area contributed by atoms with Crippen molar-refractivity contribution in [3.63, 3.8) is 0 Å². The lowest BCUT2D eigenvalue weighted by atomic mass is 9.97. The Bertz CT molecular complexity index is 922. The van der Waals surface area contributed by atoms with Crippen LogP contribution in [-0.4, -0.2) is 44.9 Å². The average Bonchev–Trinajstić information content (AvgIpc) is 2.73. The third kappa shape index (κ3) is 5.72. The summed E-state index contributed by atoms with van der Waals surface area (Å²) >= 11 is 5.83. The molecule has 1 aliphatic rings. The maximum absolute atomic E-state index is 12.7. The fourth-order valence-corrected chi connectivity index (χ4v) is 4.83. The van der Waals surface area contributed by atoms with Crippen molar-refractivity contribution < 1.29 is 17.9 Å². The van der Waals surface area contributed by atoms with Gasteiger partial charge in [-0.25, -0.2) is 8.42 Å². The second kappa shape index (κ2) is 9.61. The number of aryl methyl sites for hydroxylation is 1. The minimum Gasteiger partial charge on any atom is -0.492 e. The number of carbonyl (C=O) groups excluding carboxylic acids is 1. The normalized spacial score (nSPS) is 15.8. The molecule has 3 rings (SSSR count). The number of carbonyl (C=O) groups is 1. The molecule has 0 aliphatic carbocycles. The van der Waals surface area contributed by atoms with E-state index in [-0.39, 0.29) is 16.7 Å². The fourth-order valence-electron chi connectivity index (χ4n) is 3.24. The third-order valence-electron chi connectivity index (χ3n) is 4.97. The zero-order valence-electron chi connectivity index (χ0n) is 16.3. The molecule has 1 N–H and O–H groups in total. The first-order valence-electron chi connectivity index (χ1n) is 9.59. The van der Waals surface area contributed by atoms with Crippen molar-refractivity contribution in [2.45, 2.75) is 24.7 Å². The second-order valence-corrected chi connectivity index (χ2v) is 9.46. The van der Waals surface area contributed by atoms with Gasteiger partial charge in [0.2, 0.25) is 15.9 Å². The minimum absolute atomic E-state index is 0.0546. The fraction of sp³-hybridized carbons (Fsp3) is 0.381. The van der Waals surface area contributed by atoms with Crippen LogP contribution in [0, 0.1) is 12.8 Å². The molecule has 0 bridgehead atoms. The van der Waals surface area contributed by atoms with Crippen molar-refractivity contribution in [1.29, 1.82) is 0 Å². The van der Waals surface area contributed by atoms with Crippen LogP contribution in [0.4, 0.5) is 0 Å². The van der Waals surface area contributed by atoms with Crippen LogP contribution in [-0.2, 0) is 14.8 Å². The molecule has 0 aromatic heterocycles. The summed E-state index contributed by atoms with van der Waals surface area (Å²) in [6.07, 6.45) is 0.995. The van der Waals surface area contributed by atoms with E-state index in [9.17, 15) is 13.2 Å². The highest BCUT2D eigenvalue weighted by Gasteiger charge is 2.31. The number of benzene rings is 2. The van der Waals surface area contributed by atoms with Crippen LogP contribution >= 0.6 is 11.6 Å². The molecule has 1 fully saturated rings. The summed E-state index contributed by atoms with van der Waals surface area (Å²) in [4.78, 5) is 12.6. The first-order chi connectivity index (χ1) is 13.9. The highest BCUT2D eigenvalue weighted by atomic mass is 35.5. The van der Waals surface area contributed by atoms with E-state index in [1.54, 1.807) is 12.1 Å². The minimum atomic E-state index is -3.56. The van der Waals surface area contributed by atoms with Crippen molar-refractivity contribution in [2.75, 3.05) is 26.2 Å². The van der Waals surface area contributed by atoms with Crippen LogP contribution < -0.4 is 10.1 Å². The lowest BCUT2D eigenvalue weighted by Gasteiger charge is -2.30. The molecule has 0 saturated carbocycles. The summed E-state index contributed by atoms with van der Waals surface area (Å²) in [7, 11) is -3.56. The summed E-state index contributed by atoms with van der Waals surface area (Å²) in [5, 5.41) is 3.37. The largest absolute Gasteiger partial charge is 0.492 e. The summed E-state index contributed by atoms with van der Waals surface area (Å²) in [5.74, 6) is 0.526. The quantitative estimate of drug-likeness (QED) is 0.676. The Balaban J connectivity index is 1.43. The molecule has 0 atom stereocenters. The maximum atomic E-state index is 12.7. The molecule has 6 nitrogen and oxygen atoms in total. The van der Waals surface area contributed by atoms with Gasteiger partial charge in [-0.1, -0.05) is 29.3 Å². The Morgan fingerprint density at radius 2 is 1.72 bits per heavy atom. The van der Waals surface area contributed by atoms with Gasteiger partial charge in [0, 0.05) is 24.0 Å². The smallest absolute Gasteiger partial charge is 0.243 e. The van der Waals surface area contributed by atoms with Crippen LogP contribution in [0.5, 0.6) is 5.75 Å². The SMILES string of the molecule is Cc1ccc(OCCNC(=O)C2CCN(S(=O)(=O)c3ccc(Cl)cc3)CC2)cc1. The molecule has 29 heavy (non-hydrogen) atoms. The Hall–Kier alpha value is -2.09. The van der Waals surface area contributed by atoms with Gasteiger partial charge in [-0.15, -0.1) is 0 Å². The highest BCUT2D eigenvalue weighted by Crippen LogP contribution is 2.24. The second-order valence-electron chi connectivity index (χ2n) is 7.08. The molecule has 0 spiro atoms. The van der Waals surface area contributed by atoms with Crippen molar-refractivity contribution in [3.05, 3.63) is 59.1 Å². The number of hydrogen-bond acceptors (Lipinski definition) is 4. The first kappa shape index (κ1) is 21.6. The molecule has 1 saturated heterocycles. The summed E-state index contributed by atoms with van der Waals surface area (Å²) < 4.78 is 32.5. The van der Waals surface area contributed by atoms with Gasteiger partial charge >= 0.3 is 0 Å². The van der Waals surface area contributed by atoms with E-state index >= 15 is 0 Å². The van der Waals surface area contributed by atoms with Gasteiger partial charge in [-0.3, -0.25) is 4.79 Å². The number of hydrogen-bond donors (Lipinski definition) is 1. The Morgan fingerprint density at radius 1 is 1.10 bits per heavy atom. The molecule has 2 aromatic rings. The van der Waals surface area contributed by atoms with E-state index in [4.69, 9.17) is 16.3 Å². The molecule has 1 amide bonds. The van der Waals surface area contributed by atoms with Gasteiger partial charge < -0.3 is 10.1 Å². The highest BCUT2D eigenvalue weighted by molar-refractivity contribution is 7.89. The molecular formula is C21H25ClN2O4S. The number of piperidine rings is 1. The number of halogens is 1. The number of amides is 1. The van der Waals surface area contributed by atoms with Gasteiger partial charge in [0.25, 0.3) is 0 Å². The first-order valence-corrected chi connectivity index (χ1v) is 11.4. The number of ether oxygens (including phenoxy) is 1. The zero-order chi connectivity index (χ0) is 20.9. The summed E-state index contributed by atoms with van der Waals surface area (Å²) in [6.45, 7) is 3.45. The molecular weight excluding hydrogens is 412 g/mol. The van der Waals surface area contributed by atoms with E-state index in [0.717, 1.165) is 11.3 Å². The third-order valence-corrected chi connectivity index (χ3v) is 7.13. The van der Waals surface area contributed by atoms with Crippen molar-refractivity contribution in [3.8, 4) is 5.75 Å². The zero-order valence-corrected chi connectivity index (χ0v) is 17.9. The molecule has 8 heteroatoms. The molecule has 156 valence electrons. The topological polar surface area (TPSA) is 75.7 Å². The van der Waals surface area contributed by atoms with Gasteiger partial charge in [0.15, 0.2) is 0 Å². The Labute approximate surface area is 176 Å². The Kier molecular flexibility index (Phi) is 7.16. The number of sulfonamides is 1. The Morgan fingerprint density at radius 3 is 2.34 bits per heavy atom. The predicted molar refractivity (Wildman–Crippen MR) is 113 cm³/mol. The molecule has 1 aliphatic heterocycles. The van der Waals surface area contributed by atoms with Crippen LogP contribution in [0.25, 0.3) is 0 Å². The molecule has 1 heterocycles. The van der Waals surface area contributed by atoms with Crippen LogP contribution in [0.3, 0.4) is 0 Å². The van der Waals surface area contributed by atoms with Crippen LogP contribution in [0.15, 0.2) is 53.4 Å². The average molecular weight is 437 g/mol. The maximum Gasteiger partial charge on any atom is 0.243 e. The summed E-state index contributed by atoms with van der Waals surface area (Å²) in [5.41, 5.74) is 1.16. The van der Waals surface area contributed by atoms with E-state index in [1.165, 1.54) is 16.4 Å². The monoisotopic (exact) mass is 436 g/mol. The van der Waals surface area contributed by atoms with Gasteiger partial charge in [-0.2, -0.15) is 4.31 Å². The van der Waals surface area contributed by atoms with Crippen molar-refractivity contribution in [2.24, 2.45) is 5.92 Å². The number of rotatable bonds is 7. The van der Waals surface area contributed by atoms with Gasteiger partial charge in [0.05, 0.1) is 11.4 Å². The van der Waals surface area contributed by atoms with E-state index in [0.29, 0.717) is 44.1 Å². The number of nitrogens with one attached hydrogen (secondary N) is 1. The van der Waals surface area contributed by atoms with Crippen molar-refractivity contribution >= 4 is 27.5 Å². The molecule has 2 aromatic carbocycles. The van der Waals surface area contributed by atoms with E-state index in [2.05, 4.69) is 5.32 Å². The van der Waals surface area contributed by atoms with Gasteiger partial charge in [0.1, 0.15) is 12.4 Å². The lowest BCUT2D eigenvalue weighted by Crippen LogP contribution is -2.43. The lowest BCUT2D eigenvalue weighted by molar-refractivity contribution is -0.126. The van der Waals surface area contributed by atoms with Crippen molar-refractivity contribution in [1.82, 2.24) is 9.62 Å². The molecule has 0 radical (unpaired) electrons. The van der Waals surface area contributed by atoms with Crippen LogP contribution in [0.2, 0.25) is 5.02 Å². The number of nitrogens with zero attached hydrogens (tertiary/aromatic N) is 1. The molecule has 0 unspecified atom stereocenters. The van der Waals surface area contributed by atoms with E-state index < -0.39 is 10.0 Å². The van der Waals surface area contributed by atoms with E-state index in [1.807, 2.05) is 31.2 Å². The predicted octanol–water partition coefficient (Wildman–Crippen LogP) is 3.24. The standard InChI is InChI=1S/C21H25ClN2O4S/c1-16-2-6-19(7-3-16)28-15-12-23-21(25)17-10-13-24(14-11-17)29(26,27)20-8-4-18(22)5-9-20/h2-9,17H,10-15H2,1H3,(H,23,25). The van der Waals surface area contributed by atoms with Crippen LogP contribution in [0.1, 0.15) is 18.4 Å². The summed E-state index contributed by atoms with van der Waals surface area (Å²) in [6, 6.07) is 13.9. The van der Waals surface area contributed by atoms with Gasteiger partial charge in [-0.05, 0) is 56.2 Å².